The van der Waals surface area contributed by atoms with Gasteiger partial charge in [0.1, 0.15) is 0 Å². The number of carbonyl (C=O) groups is 2. The van der Waals surface area contributed by atoms with Gasteiger partial charge in [-0.2, -0.15) is 0 Å². The maximum absolute atomic E-state index is 12.5. The predicted octanol–water partition coefficient (Wildman–Crippen LogP) is 1.75. The highest BCUT2D eigenvalue weighted by molar-refractivity contribution is 5.98. The van der Waals surface area contributed by atoms with E-state index in [1.54, 1.807) is 38.4 Å². The second-order valence-electron chi connectivity index (χ2n) is 6.63. The second kappa shape index (κ2) is 7.58. The molecule has 1 atom stereocenters. The lowest BCUT2D eigenvalue weighted by Gasteiger charge is -2.25. The maximum atomic E-state index is 12.5. The number of hydrogen-bond donors (Lipinski definition) is 2. The third kappa shape index (κ3) is 3.70. The molecule has 6 nitrogen and oxygen atoms in total. The molecule has 2 N–H and O–H groups in total. The second-order valence-corrected chi connectivity index (χ2v) is 6.63. The van der Waals surface area contributed by atoms with E-state index in [0.29, 0.717) is 11.3 Å². The molecule has 1 aliphatic rings. The van der Waals surface area contributed by atoms with Crippen LogP contribution in [-0.2, 0) is 11.2 Å². The van der Waals surface area contributed by atoms with Crippen molar-refractivity contribution in [2.75, 3.05) is 37.5 Å². The molecule has 0 saturated carbocycles. The van der Waals surface area contributed by atoms with Crippen LogP contribution in [0.2, 0.25) is 0 Å². The monoisotopic (exact) mass is 353 g/mol. The van der Waals surface area contributed by atoms with Crippen LogP contribution in [0.5, 0.6) is 0 Å². The Hall–Kier alpha value is -2.86. The SMILES string of the molecule is CN(C)C(=O)c1cccc(NC(=O)CN2c3ccccc3CC2CO)c1. The van der Waals surface area contributed by atoms with Crippen LogP contribution in [-0.4, -0.2) is 55.1 Å². The number of nitrogens with zero attached hydrogens (tertiary/aromatic N) is 2. The number of benzene rings is 2. The fraction of sp³-hybridized carbons (Fsp3) is 0.300. The Balaban J connectivity index is 1.71. The predicted molar refractivity (Wildman–Crippen MR) is 101 cm³/mol. The largest absolute Gasteiger partial charge is 0.394 e. The molecule has 1 unspecified atom stereocenters. The standard InChI is InChI=1S/C20H23N3O3/c1-22(2)20(26)15-7-5-8-16(10-15)21-19(25)12-23-17(13-24)11-14-6-3-4-9-18(14)23/h3-10,17,24H,11-13H2,1-2H3,(H,21,25). The Morgan fingerprint density at radius 2 is 1.96 bits per heavy atom. The van der Waals surface area contributed by atoms with Gasteiger partial charge in [0, 0.05) is 31.0 Å². The summed E-state index contributed by atoms with van der Waals surface area (Å²) in [6.45, 7) is 0.142. The van der Waals surface area contributed by atoms with E-state index in [1.807, 2.05) is 29.2 Å². The molecule has 2 aromatic rings. The Labute approximate surface area is 153 Å². The zero-order valence-corrected chi connectivity index (χ0v) is 15.0. The fourth-order valence-corrected chi connectivity index (χ4v) is 3.25. The average Bonchev–Trinajstić information content (AvgIpc) is 2.99. The summed E-state index contributed by atoms with van der Waals surface area (Å²) < 4.78 is 0. The molecule has 0 radical (unpaired) electrons. The number of hydrogen-bond acceptors (Lipinski definition) is 4. The van der Waals surface area contributed by atoms with E-state index in [4.69, 9.17) is 0 Å². The van der Waals surface area contributed by atoms with E-state index < -0.39 is 0 Å². The van der Waals surface area contributed by atoms with Crippen molar-refractivity contribution in [3.63, 3.8) is 0 Å². The number of rotatable bonds is 5. The van der Waals surface area contributed by atoms with Crippen LogP contribution in [0.3, 0.4) is 0 Å². The molecular weight excluding hydrogens is 330 g/mol. The van der Waals surface area contributed by atoms with Gasteiger partial charge in [0.15, 0.2) is 0 Å². The molecule has 0 saturated heterocycles. The van der Waals surface area contributed by atoms with Gasteiger partial charge in [-0.3, -0.25) is 9.59 Å². The lowest BCUT2D eigenvalue weighted by molar-refractivity contribution is -0.115. The van der Waals surface area contributed by atoms with E-state index >= 15 is 0 Å². The summed E-state index contributed by atoms with van der Waals surface area (Å²) >= 11 is 0. The molecule has 26 heavy (non-hydrogen) atoms. The maximum Gasteiger partial charge on any atom is 0.253 e. The minimum absolute atomic E-state index is 0.00518. The van der Waals surface area contributed by atoms with Crippen molar-refractivity contribution < 1.29 is 14.7 Å². The molecule has 1 heterocycles. The Bertz CT molecular complexity index is 819. The topological polar surface area (TPSA) is 72.9 Å². The molecule has 136 valence electrons. The molecule has 0 aliphatic carbocycles. The smallest absolute Gasteiger partial charge is 0.253 e. The molecule has 0 fully saturated rings. The summed E-state index contributed by atoms with van der Waals surface area (Å²) in [6.07, 6.45) is 0.729. The van der Waals surface area contributed by atoms with Crippen LogP contribution in [0, 0.1) is 0 Å². The van der Waals surface area contributed by atoms with Gasteiger partial charge in [-0.25, -0.2) is 0 Å². The van der Waals surface area contributed by atoms with Crippen LogP contribution in [0.4, 0.5) is 11.4 Å². The molecule has 2 aromatic carbocycles. The number of nitrogens with one attached hydrogen (secondary N) is 1. The molecule has 1 aliphatic heterocycles. The zero-order valence-electron chi connectivity index (χ0n) is 15.0. The van der Waals surface area contributed by atoms with Gasteiger partial charge in [-0.05, 0) is 36.2 Å². The van der Waals surface area contributed by atoms with Gasteiger partial charge >= 0.3 is 0 Å². The van der Waals surface area contributed by atoms with Crippen LogP contribution >= 0.6 is 0 Å². The molecule has 0 spiro atoms. The first kappa shape index (κ1) is 17.9. The lowest BCUT2D eigenvalue weighted by Crippen LogP contribution is -2.40. The van der Waals surface area contributed by atoms with E-state index in [-0.39, 0.29) is 31.0 Å². The summed E-state index contributed by atoms with van der Waals surface area (Å²) in [7, 11) is 3.38. The number of para-hydroxylation sites is 1. The normalized spacial score (nSPS) is 15.5. The highest BCUT2D eigenvalue weighted by Crippen LogP contribution is 2.31. The molecule has 2 amide bonds. The van der Waals surface area contributed by atoms with Gasteiger partial charge < -0.3 is 20.2 Å². The number of carbonyl (C=O) groups excluding carboxylic acids is 2. The first-order valence-corrected chi connectivity index (χ1v) is 8.56. The van der Waals surface area contributed by atoms with E-state index in [0.717, 1.165) is 17.7 Å². The van der Waals surface area contributed by atoms with Crippen LogP contribution < -0.4 is 10.2 Å². The van der Waals surface area contributed by atoms with Crippen LogP contribution in [0.25, 0.3) is 0 Å². The molecule has 0 aromatic heterocycles. The summed E-state index contributed by atoms with van der Waals surface area (Å²) in [6, 6.07) is 14.7. The highest BCUT2D eigenvalue weighted by atomic mass is 16.3. The first-order chi connectivity index (χ1) is 12.5. The Morgan fingerprint density at radius 3 is 2.69 bits per heavy atom. The summed E-state index contributed by atoms with van der Waals surface area (Å²) in [5.74, 6) is -0.301. The number of anilines is 2. The van der Waals surface area contributed by atoms with Crippen molar-refractivity contribution in [2.45, 2.75) is 12.5 Å². The van der Waals surface area contributed by atoms with Gasteiger partial charge in [0.2, 0.25) is 5.91 Å². The Morgan fingerprint density at radius 1 is 1.19 bits per heavy atom. The summed E-state index contributed by atoms with van der Waals surface area (Å²) in [5.41, 5.74) is 3.22. The Kier molecular flexibility index (Phi) is 5.23. The fourth-order valence-electron chi connectivity index (χ4n) is 3.25. The minimum Gasteiger partial charge on any atom is -0.394 e. The molecular formula is C20H23N3O3. The van der Waals surface area contributed by atoms with E-state index in [2.05, 4.69) is 5.32 Å². The van der Waals surface area contributed by atoms with Crippen molar-refractivity contribution >= 4 is 23.2 Å². The van der Waals surface area contributed by atoms with Gasteiger partial charge in [-0.15, -0.1) is 0 Å². The molecule has 3 rings (SSSR count). The van der Waals surface area contributed by atoms with Gasteiger partial charge in [-0.1, -0.05) is 24.3 Å². The average molecular weight is 353 g/mol. The van der Waals surface area contributed by atoms with Crippen molar-refractivity contribution in [1.82, 2.24) is 4.90 Å². The quantitative estimate of drug-likeness (QED) is 0.859. The van der Waals surface area contributed by atoms with Crippen molar-refractivity contribution in [1.29, 1.82) is 0 Å². The van der Waals surface area contributed by atoms with Crippen LogP contribution in [0.1, 0.15) is 15.9 Å². The van der Waals surface area contributed by atoms with Crippen molar-refractivity contribution in [3.8, 4) is 0 Å². The van der Waals surface area contributed by atoms with E-state index in [9.17, 15) is 14.7 Å². The van der Waals surface area contributed by atoms with Crippen LogP contribution in [0.15, 0.2) is 48.5 Å². The lowest BCUT2D eigenvalue weighted by atomic mass is 10.1. The number of aliphatic hydroxyl groups is 1. The van der Waals surface area contributed by atoms with Gasteiger partial charge in [0.05, 0.1) is 19.2 Å². The van der Waals surface area contributed by atoms with Crippen molar-refractivity contribution in [2.24, 2.45) is 0 Å². The highest BCUT2D eigenvalue weighted by Gasteiger charge is 2.29. The summed E-state index contributed by atoms with van der Waals surface area (Å²) in [5, 5.41) is 12.5. The molecule has 0 bridgehead atoms. The first-order valence-electron chi connectivity index (χ1n) is 8.56. The number of aliphatic hydroxyl groups excluding tert-OH is 1. The number of fused-ring (bicyclic) bond motifs is 1. The minimum atomic E-state index is -0.186. The van der Waals surface area contributed by atoms with Gasteiger partial charge in [0.25, 0.3) is 5.91 Å². The van der Waals surface area contributed by atoms with E-state index in [1.165, 1.54) is 4.90 Å². The zero-order chi connectivity index (χ0) is 18.7. The summed E-state index contributed by atoms with van der Waals surface area (Å²) in [4.78, 5) is 28.0. The third-order valence-corrected chi connectivity index (χ3v) is 4.52. The third-order valence-electron chi connectivity index (χ3n) is 4.52. The molecule has 6 heteroatoms. The number of amides is 2. The van der Waals surface area contributed by atoms with Crippen molar-refractivity contribution in [3.05, 3.63) is 59.7 Å².